The zero-order valence-electron chi connectivity index (χ0n) is 16.1. The number of carbonyl (C=O) groups excluding carboxylic acids is 1. The van der Waals surface area contributed by atoms with E-state index in [4.69, 9.17) is 4.74 Å². The smallest absolute Gasteiger partial charge is 0.324 e. The Kier molecular flexibility index (Phi) is 6.31. The average Bonchev–Trinajstić information content (AvgIpc) is 2.68. The van der Waals surface area contributed by atoms with Crippen LogP contribution in [0, 0.1) is 6.92 Å². The van der Waals surface area contributed by atoms with Gasteiger partial charge in [-0.05, 0) is 61.9 Å². The molecule has 148 valence electrons. The number of hydrogen-bond donors (Lipinski definition) is 1. The summed E-state index contributed by atoms with van der Waals surface area (Å²) in [6.45, 7) is 3.79. The van der Waals surface area contributed by atoms with Gasteiger partial charge in [-0.25, -0.2) is 8.42 Å². The average molecular weight is 400 g/mol. The standard InChI is InChI=1S/C22H25NO4S/c1-3-27-22(24)21(23-28(25,26)19-13-11-16(2)12-14-19)15-18-9-6-8-17-7-4-5-10-20(17)18/h4-5,7,9-14,21,23H,3,6,8,15H2,1-2H3/t21-/m0/s1. The van der Waals surface area contributed by atoms with Gasteiger partial charge in [-0.2, -0.15) is 4.72 Å². The van der Waals surface area contributed by atoms with Gasteiger partial charge in [0.1, 0.15) is 6.04 Å². The van der Waals surface area contributed by atoms with Crippen LogP contribution in [0.15, 0.2) is 59.5 Å². The summed E-state index contributed by atoms with van der Waals surface area (Å²) in [7, 11) is -3.85. The van der Waals surface area contributed by atoms with Crippen LogP contribution >= 0.6 is 0 Å². The number of benzene rings is 2. The Morgan fingerprint density at radius 1 is 1.14 bits per heavy atom. The number of carbonyl (C=O) groups is 1. The molecule has 0 bridgehead atoms. The van der Waals surface area contributed by atoms with Crippen LogP contribution in [0.2, 0.25) is 0 Å². The zero-order chi connectivity index (χ0) is 20.1. The number of sulfonamides is 1. The Morgan fingerprint density at radius 2 is 1.86 bits per heavy atom. The molecule has 0 radical (unpaired) electrons. The highest BCUT2D eigenvalue weighted by Gasteiger charge is 2.29. The molecule has 0 fully saturated rings. The lowest BCUT2D eigenvalue weighted by molar-refractivity contribution is -0.144. The summed E-state index contributed by atoms with van der Waals surface area (Å²) in [6.07, 6.45) is 4.14. The van der Waals surface area contributed by atoms with E-state index in [2.05, 4.69) is 16.9 Å². The summed E-state index contributed by atoms with van der Waals surface area (Å²) in [5.41, 5.74) is 4.21. The van der Waals surface area contributed by atoms with Gasteiger partial charge in [-0.3, -0.25) is 4.79 Å². The van der Waals surface area contributed by atoms with Gasteiger partial charge in [0.2, 0.25) is 10.0 Å². The first-order valence-corrected chi connectivity index (χ1v) is 10.9. The van der Waals surface area contributed by atoms with Crippen LogP contribution in [0.3, 0.4) is 0 Å². The van der Waals surface area contributed by atoms with Crippen molar-refractivity contribution in [2.75, 3.05) is 6.61 Å². The van der Waals surface area contributed by atoms with E-state index in [1.54, 1.807) is 19.1 Å². The highest BCUT2D eigenvalue weighted by atomic mass is 32.2. The molecule has 2 aromatic carbocycles. The maximum absolute atomic E-state index is 12.8. The van der Waals surface area contributed by atoms with E-state index in [0.29, 0.717) is 0 Å². The third-order valence-corrected chi connectivity index (χ3v) is 6.28. The van der Waals surface area contributed by atoms with Gasteiger partial charge in [0.25, 0.3) is 0 Å². The van der Waals surface area contributed by atoms with Gasteiger partial charge in [-0.15, -0.1) is 0 Å². The van der Waals surface area contributed by atoms with Crippen LogP contribution < -0.4 is 4.72 Å². The number of allylic oxidation sites excluding steroid dienone is 1. The van der Waals surface area contributed by atoms with Gasteiger partial charge in [-0.1, -0.05) is 48.0 Å². The lowest BCUT2D eigenvalue weighted by Crippen LogP contribution is -2.42. The summed E-state index contributed by atoms with van der Waals surface area (Å²) < 4.78 is 33.3. The summed E-state index contributed by atoms with van der Waals surface area (Å²) in [5.74, 6) is -0.567. The molecule has 1 aliphatic rings. The van der Waals surface area contributed by atoms with Crippen molar-refractivity contribution in [3.63, 3.8) is 0 Å². The van der Waals surface area contributed by atoms with Gasteiger partial charge in [0.15, 0.2) is 0 Å². The minimum absolute atomic E-state index is 0.130. The predicted molar refractivity (Wildman–Crippen MR) is 109 cm³/mol. The van der Waals surface area contributed by atoms with Crippen molar-refractivity contribution in [3.05, 3.63) is 71.3 Å². The van der Waals surface area contributed by atoms with Crippen LogP contribution in [-0.2, 0) is 26.0 Å². The fourth-order valence-corrected chi connectivity index (χ4v) is 4.55. The third kappa shape index (κ3) is 4.69. The van der Waals surface area contributed by atoms with Gasteiger partial charge in [0.05, 0.1) is 11.5 Å². The highest BCUT2D eigenvalue weighted by Crippen LogP contribution is 2.30. The van der Waals surface area contributed by atoms with Crippen LogP contribution in [0.1, 0.15) is 36.5 Å². The zero-order valence-corrected chi connectivity index (χ0v) is 17.0. The van der Waals surface area contributed by atoms with Crippen molar-refractivity contribution in [2.24, 2.45) is 0 Å². The molecule has 6 heteroatoms. The number of rotatable bonds is 7. The molecule has 1 aliphatic carbocycles. The maximum atomic E-state index is 12.8. The highest BCUT2D eigenvalue weighted by molar-refractivity contribution is 7.89. The number of hydrogen-bond acceptors (Lipinski definition) is 4. The van der Waals surface area contributed by atoms with Crippen molar-refractivity contribution in [2.45, 2.75) is 44.0 Å². The lowest BCUT2D eigenvalue weighted by Gasteiger charge is -2.22. The number of fused-ring (bicyclic) bond motifs is 1. The third-order valence-electron chi connectivity index (χ3n) is 4.79. The molecule has 0 unspecified atom stereocenters. The van der Waals surface area contributed by atoms with Crippen LogP contribution in [-0.4, -0.2) is 27.0 Å². The maximum Gasteiger partial charge on any atom is 0.324 e. The molecular formula is C22H25NO4S. The summed E-state index contributed by atoms with van der Waals surface area (Å²) in [6, 6.07) is 13.6. The molecular weight excluding hydrogens is 374 g/mol. The predicted octanol–water partition coefficient (Wildman–Crippen LogP) is 3.62. The monoisotopic (exact) mass is 399 g/mol. The second kappa shape index (κ2) is 8.71. The molecule has 0 saturated heterocycles. The number of nitrogens with one attached hydrogen (secondary N) is 1. The first-order chi connectivity index (χ1) is 13.4. The number of esters is 1. The molecule has 0 heterocycles. The van der Waals surface area contributed by atoms with Crippen molar-refractivity contribution in [1.29, 1.82) is 0 Å². The van der Waals surface area contributed by atoms with Crippen molar-refractivity contribution < 1.29 is 17.9 Å². The Morgan fingerprint density at radius 3 is 2.57 bits per heavy atom. The SMILES string of the molecule is CCOC(=O)[C@H](CC1=CCCc2ccccc21)NS(=O)(=O)c1ccc(C)cc1. The molecule has 0 aromatic heterocycles. The number of aryl methyl sites for hydroxylation is 2. The Labute approximate surface area is 166 Å². The largest absolute Gasteiger partial charge is 0.465 e. The molecule has 1 atom stereocenters. The first kappa shape index (κ1) is 20.3. The molecule has 2 aromatic rings. The minimum atomic E-state index is -3.85. The Balaban J connectivity index is 1.87. The molecule has 0 aliphatic heterocycles. The molecule has 1 N–H and O–H groups in total. The molecule has 0 amide bonds. The fourth-order valence-electron chi connectivity index (χ4n) is 3.37. The Bertz CT molecular complexity index is 978. The summed E-state index contributed by atoms with van der Waals surface area (Å²) in [5, 5.41) is 0. The Hall–Kier alpha value is -2.44. The van der Waals surface area contributed by atoms with Crippen LogP contribution in [0.5, 0.6) is 0 Å². The second-order valence-corrected chi connectivity index (χ2v) is 8.58. The van der Waals surface area contributed by atoms with E-state index in [-0.39, 0.29) is 17.9 Å². The molecule has 5 nitrogen and oxygen atoms in total. The van der Waals surface area contributed by atoms with E-state index in [1.165, 1.54) is 17.7 Å². The normalized spacial score (nSPS) is 14.7. The van der Waals surface area contributed by atoms with E-state index in [9.17, 15) is 13.2 Å². The van der Waals surface area contributed by atoms with Crippen molar-refractivity contribution >= 4 is 21.6 Å². The quantitative estimate of drug-likeness (QED) is 0.722. The van der Waals surface area contributed by atoms with Crippen molar-refractivity contribution in [1.82, 2.24) is 4.72 Å². The van der Waals surface area contributed by atoms with Gasteiger partial charge < -0.3 is 4.74 Å². The van der Waals surface area contributed by atoms with Gasteiger partial charge >= 0.3 is 5.97 Å². The van der Waals surface area contributed by atoms with Gasteiger partial charge in [0, 0.05) is 0 Å². The lowest BCUT2D eigenvalue weighted by atomic mass is 9.88. The van der Waals surface area contributed by atoms with E-state index < -0.39 is 22.0 Å². The minimum Gasteiger partial charge on any atom is -0.465 e. The van der Waals surface area contributed by atoms with E-state index in [0.717, 1.165) is 29.5 Å². The summed E-state index contributed by atoms with van der Waals surface area (Å²) in [4.78, 5) is 12.6. The molecule has 0 spiro atoms. The van der Waals surface area contributed by atoms with E-state index >= 15 is 0 Å². The second-order valence-electron chi connectivity index (χ2n) is 6.87. The fraction of sp³-hybridized carbons (Fsp3) is 0.318. The van der Waals surface area contributed by atoms with Crippen LogP contribution in [0.4, 0.5) is 0 Å². The van der Waals surface area contributed by atoms with Crippen molar-refractivity contribution in [3.8, 4) is 0 Å². The topological polar surface area (TPSA) is 72.5 Å². The molecule has 0 saturated carbocycles. The van der Waals surface area contributed by atoms with Crippen LogP contribution in [0.25, 0.3) is 5.57 Å². The molecule has 3 rings (SSSR count). The number of ether oxygens (including phenoxy) is 1. The molecule has 28 heavy (non-hydrogen) atoms. The van der Waals surface area contributed by atoms with E-state index in [1.807, 2.05) is 25.1 Å². The summed E-state index contributed by atoms with van der Waals surface area (Å²) >= 11 is 0. The first-order valence-electron chi connectivity index (χ1n) is 9.43.